The van der Waals surface area contributed by atoms with Gasteiger partial charge in [-0.25, -0.2) is 18.7 Å². The molecule has 5 heterocycles. The van der Waals surface area contributed by atoms with Crippen LogP contribution >= 0.6 is 11.6 Å². The van der Waals surface area contributed by atoms with E-state index in [0.29, 0.717) is 28.2 Å². The van der Waals surface area contributed by atoms with Gasteiger partial charge in [0.1, 0.15) is 25.1 Å². The molecule has 0 atom stereocenters. The second-order valence-corrected chi connectivity index (χ2v) is 13.3. The molecular weight excluding hydrogens is 769 g/mol. The Bertz CT molecular complexity index is 2560. The second-order valence-electron chi connectivity index (χ2n) is 12.9. The lowest BCUT2D eigenvalue weighted by atomic mass is 10.1. The predicted molar refractivity (Wildman–Crippen MR) is 193 cm³/mol. The zero-order chi connectivity index (χ0) is 40.1. The Hall–Kier alpha value is -6.18. The number of hydrogen-bond donors (Lipinski definition) is 2. The summed E-state index contributed by atoms with van der Waals surface area (Å²) in [6.45, 7) is 2.82. The van der Waals surface area contributed by atoms with Crippen molar-refractivity contribution >= 4 is 51.5 Å². The van der Waals surface area contributed by atoms with Crippen molar-refractivity contribution in [1.82, 2.24) is 43.8 Å². The predicted octanol–water partition coefficient (Wildman–Crippen LogP) is 4.81. The molecule has 0 aliphatic carbocycles. The number of anilines is 2. The van der Waals surface area contributed by atoms with Crippen molar-refractivity contribution in [2.45, 2.75) is 46.0 Å². The van der Waals surface area contributed by atoms with Gasteiger partial charge in [-0.15, -0.1) is 5.10 Å². The molecule has 1 fully saturated rings. The van der Waals surface area contributed by atoms with Crippen molar-refractivity contribution in [3.8, 4) is 17.1 Å². The number of aromatic nitrogens is 8. The van der Waals surface area contributed by atoms with Gasteiger partial charge in [0.2, 0.25) is 11.7 Å². The van der Waals surface area contributed by atoms with Crippen LogP contribution < -0.4 is 15.8 Å². The second kappa shape index (κ2) is 14.8. The third-order valence-electron chi connectivity index (χ3n) is 9.26. The average molecular weight is 800 g/mol. The van der Waals surface area contributed by atoms with Crippen LogP contribution in [0, 0.1) is 6.92 Å². The maximum atomic E-state index is 14.4. The quantitative estimate of drug-likeness (QED) is 0.194. The first-order valence-electron chi connectivity index (χ1n) is 17.1. The zero-order valence-corrected chi connectivity index (χ0v) is 30.3. The minimum absolute atomic E-state index is 0.0313. The van der Waals surface area contributed by atoms with Crippen LogP contribution in [0.3, 0.4) is 0 Å². The molecule has 4 aromatic heterocycles. The number of amides is 2. The van der Waals surface area contributed by atoms with Crippen molar-refractivity contribution in [1.29, 1.82) is 0 Å². The fourth-order valence-corrected chi connectivity index (χ4v) is 6.76. The lowest BCUT2D eigenvalue weighted by Gasteiger charge is -2.36. The Morgan fingerprint density at radius 2 is 1.79 bits per heavy atom. The lowest BCUT2D eigenvalue weighted by molar-refractivity contribution is -0.137. The summed E-state index contributed by atoms with van der Waals surface area (Å²) in [4.78, 5) is 56.9. The van der Waals surface area contributed by atoms with E-state index in [0.717, 1.165) is 21.3 Å². The highest BCUT2D eigenvalue weighted by molar-refractivity contribution is 6.33. The molecule has 1 saturated heterocycles. The molecule has 0 unspecified atom stereocenters. The molecule has 6 aromatic rings. The number of carbonyl (C=O) groups excluding carboxylic acids is 2. The fourth-order valence-electron chi connectivity index (χ4n) is 6.53. The van der Waals surface area contributed by atoms with Crippen molar-refractivity contribution in [2.75, 3.05) is 36.4 Å². The van der Waals surface area contributed by atoms with Crippen LogP contribution in [0.25, 0.3) is 28.1 Å². The molecule has 2 N–H and O–H groups in total. The number of carbonyl (C=O) groups is 2. The molecule has 56 heavy (non-hydrogen) atoms. The summed E-state index contributed by atoms with van der Waals surface area (Å²) in [6.07, 6.45) is -4.45. The van der Waals surface area contributed by atoms with Crippen LogP contribution in [-0.2, 0) is 30.5 Å². The SMILES string of the molecule is CCc1c(N2CCN(C(=O)c3ncnc(C)c3O)CC2)c(=O)n2nc(-c3ccc4nn(CC(F)F)cc4c3)nc2n1CC(=O)Nc1ccc(C(F)(F)F)cc1Cl. The molecule has 292 valence electrons. The summed E-state index contributed by atoms with van der Waals surface area (Å²) in [7, 11) is 0. The van der Waals surface area contributed by atoms with Crippen molar-refractivity contribution in [3.05, 3.63) is 86.9 Å². The van der Waals surface area contributed by atoms with E-state index in [1.807, 2.05) is 0 Å². The third-order valence-corrected chi connectivity index (χ3v) is 9.57. The molecule has 0 radical (unpaired) electrons. The highest BCUT2D eigenvalue weighted by Gasteiger charge is 2.32. The van der Waals surface area contributed by atoms with Gasteiger partial charge in [0, 0.05) is 43.3 Å². The van der Waals surface area contributed by atoms with Crippen molar-refractivity contribution in [3.63, 3.8) is 0 Å². The zero-order valence-electron chi connectivity index (χ0n) is 29.6. The van der Waals surface area contributed by atoms with E-state index in [2.05, 4.69) is 30.5 Å². The summed E-state index contributed by atoms with van der Waals surface area (Å²) in [5.41, 5.74) is -0.159. The van der Waals surface area contributed by atoms with Gasteiger partial charge < -0.3 is 24.8 Å². The standard InChI is InChI=1S/C35H31ClF5N11O4/c1-3-25-29(48-8-10-49(11-9-48)32(55)28-30(54)18(2)42-17-43-28)33(56)52-34(51(25)16-27(53)44-24-7-5-21(13-22(24)36)35(39,40)41)45-31(47-52)19-4-6-23-20(12-19)14-50(46-23)15-26(37)38/h4-7,12-14,17,26,54H,3,8-11,15-16H2,1-2H3,(H,44,53). The van der Waals surface area contributed by atoms with Gasteiger partial charge in [-0.2, -0.15) is 27.8 Å². The number of halogens is 6. The molecule has 2 amide bonds. The van der Waals surface area contributed by atoms with Gasteiger partial charge in [0.05, 0.1) is 33.2 Å². The summed E-state index contributed by atoms with van der Waals surface area (Å²) < 4.78 is 69.5. The van der Waals surface area contributed by atoms with Crippen LogP contribution in [0.15, 0.2) is 53.7 Å². The number of aryl methyl sites for hydroxylation is 1. The maximum absolute atomic E-state index is 14.4. The number of nitrogens with one attached hydrogen (secondary N) is 1. The monoisotopic (exact) mass is 799 g/mol. The molecule has 1 aliphatic heterocycles. The smallest absolute Gasteiger partial charge is 0.416 e. The number of hydrogen-bond acceptors (Lipinski definition) is 10. The van der Waals surface area contributed by atoms with Crippen LogP contribution in [0.2, 0.25) is 5.02 Å². The minimum Gasteiger partial charge on any atom is -0.504 e. The van der Waals surface area contributed by atoms with Crippen LogP contribution in [0.5, 0.6) is 5.75 Å². The summed E-state index contributed by atoms with van der Waals surface area (Å²) in [6, 6.07) is 7.35. The molecule has 15 nitrogen and oxygen atoms in total. The van der Waals surface area contributed by atoms with Crippen LogP contribution in [0.4, 0.5) is 33.3 Å². The largest absolute Gasteiger partial charge is 0.504 e. The van der Waals surface area contributed by atoms with E-state index in [9.17, 15) is 41.4 Å². The highest BCUT2D eigenvalue weighted by Crippen LogP contribution is 2.34. The van der Waals surface area contributed by atoms with Crippen LogP contribution in [0.1, 0.15) is 34.4 Å². The van der Waals surface area contributed by atoms with Gasteiger partial charge in [-0.3, -0.25) is 19.1 Å². The van der Waals surface area contributed by atoms with E-state index in [1.54, 1.807) is 30.0 Å². The highest BCUT2D eigenvalue weighted by atomic mass is 35.5. The topological polar surface area (TPSA) is 169 Å². The molecule has 21 heteroatoms. The van der Waals surface area contributed by atoms with E-state index >= 15 is 0 Å². The Morgan fingerprint density at radius 1 is 1.04 bits per heavy atom. The van der Waals surface area contributed by atoms with E-state index in [4.69, 9.17) is 11.6 Å². The average Bonchev–Trinajstić information content (AvgIpc) is 3.78. The molecular formula is C35H31ClF5N11O4. The Morgan fingerprint density at radius 3 is 2.46 bits per heavy atom. The molecule has 0 spiro atoms. The summed E-state index contributed by atoms with van der Waals surface area (Å²) >= 11 is 6.12. The number of rotatable bonds is 9. The Labute approximate surface area is 318 Å². The van der Waals surface area contributed by atoms with Gasteiger partial charge in [-0.1, -0.05) is 18.5 Å². The van der Waals surface area contributed by atoms with E-state index in [1.165, 1.54) is 28.9 Å². The minimum atomic E-state index is -4.65. The van der Waals surface area contributed by atoms with Crippen molar-refractivity contribution in [2.24, 2.45) is 0 Å². The van der Waals surface area contributed by atoms with E-state index in [-0.39, 0.29) is 77.7 Å². The van der Waals surface area contributed by atoms with Gasteiger partial charge >= 0.3 is 6.18 Å². The molecule has 0 bridgehead atoms. The van der Waals surface area contributed by atoms with E-state index < -0.39 is 48.6 Å². The molecule has 7 rings (SSSR count). The number of nitrogens with zero attached hydrogens (tertiary/aromatic N) is 10. The number of piperazine rings is 1. The molecule has 1 aliphatic rings. The summed E-state index contributed by atoms with van der Waals surface area (Å²) in [5, 5.41) is 21.8. The Balaban J connectivity index is 1.27. The maximum Gasteiger partial charge on any atom is 0.416 e. The molecule has 0 saturated carbocycles. The fraction of sp³-hybridized carbons (Fsp3) is 0.314. The first-order valence-corrected chi connectivity index (χ1v) is 17.5. The van der Waals surface area contributed by atoms with Gasteiger partial charge in [0.15, 0.2) is 17.3 Å². The number of alkyl halides is 5. The van der Waals surface area contributed by atoms with Crippen molar-refractivity contribution < 1.29 is 36.6 Å². The molecule has 2 aromatic carbocycles. The van der Waals surface area contributed by atoms with Gasteiger partial charge in [0.25, 0.3) is 17.9 Å². The Kier molecular flexibility index (Phi) is 10.1. The lowest BCUT2D eigenvalue weighted by Crippen LogP contribution is -2.51. The van der Waals surface area contributed by atoms with Gasteiger partial charge in [-0.05, 0) is 49.7 Å². The summed E-state index contributed by atoms with van der Waals surface area (Å²) in [5.74, 6) is -1.52. The normalized spacial score (nSPS) is 13.7. The van der Waals surface area contributed by atoms with Crippen LogP contribution in [-0.4, -0.2) is 93.3 Å². The number of aromatic hydroxyl groups is 1. The number of fused-ring (bicyclic) bond motifs is 2. The first kappa shape index (κ1) is 38.1. The first-order chi connectivity index (χ1) is 26.6. The third kappa shape index (κ3) is 7.30. The number of benzene rings is 2.